The summed E-state index contributed by atoms with van der Waals surface area (Å²) in [6, 6.07) is 23.7. The van der Waals surface area contributed by atoms with E-state index >= 15 is 0 Å². The predicted octanol–water partition coefficient (Wildman–Crippen LogP) is 5.29. The Kier molecular flexibility index (Phi) is 4.62. The van der Waals surface area contributed by atoms with Crippen molar-refractivity contribution >= 4 is 23.3 Å². The number of methoxy groups -OCH3 is 1. The van der Waals surface area contributed by atoms with Crippen LogP contribution in [0.2, 0.25) is 0 Å². The second-order valence-electron chi connectivity index (χ2n) is 5.51. The van der Waals surface area contributed by atoms with Gasteiger partial charge in [-0.05, 0) is 55.0 Å². The maximum absolute atomic E-state index is 10.9. The Morgan fingerprint density at radius 3 is 2.12 bits per heavy atom. The molecule has 0 fully saturated rings. The van der Waals surface area contributed by atoms with E-state index in [2.05, 4.69) is 30.0 Å². The Morgan fingerprint density at radius 1 is 0.833 bits per heavy atom. The maximum atomic E-state index is 10.9. The third kappa shape index (κ3) is 3.01. The van der Waals surface area contributed by atoms with Crippen LogP contribution in [-0.4, -0.2) is 13.4 Å². The summed E-state index contributed by atoms with van der Waals surface area (Å²) in [4.78, 5) is 13.1. The number of para-hydroxylation sites is 2. The zero-order valence-corrected chi connectivity index (χ0v) is 13.8. The van der Waals surface area contributed by atoms with Crippen LogP contribution >= 0.6 is 0 Å². The first kappa shape index (κ1) is 15.8. The van der Waals surface area contributed by atoms with Crippen LogP contribution in [0.4, 0.5) is 17.1 Å². The fourth-order valence-corrected chi connectivity index (χ4v) is 2.77. The normalized spacial score (nSPS) is 10.2. The standard InChI is InChI=1S/C21H19NO2/c1-16-7-6-10-20(24-2)21(16)22(18-8-4-3-5-9-18)19-13-11-17(15-23)12-14-19/h3-15H,1-2H3. The lowest BCUT2D eigenvalue weighted by Crippen LogP contribution is -2.12. The number of aryl methyl sites for hydroxylation is 1. The minimum Gasteiger partial charge on any atom is -0.495 e. The molecule has 0 heterocycles. The Morgan fingerprint density at radius 2 is 1.50 bits per heavy atom. The molecule has 0 atom stereocenters. The summed E-state index contributed by atoms with van der Waals surface area (Å²) in [6.07, 6.45) is 0.852. The molecule has 3 rings (SSSR count). The highest BCUT2D eigenvalue weighted by atomic mass is 16.5. The minimum absolute atomic E-state index is 0.656. The first-order valence-electron chi connectivity index (χ1n) is 7.78. The lowest BCUT2D eigenvalue weighted by atomic mass is 10.1. The lowest BCUT2D eigenvalue weighted by Gasteiger charge is -2.28. The second-order valence-corrected chi connectivity index (χ2v) is 5.51. The number of rotatable bonds is 5. The van der Waals surface area contributed by atoms with E-state index in [4.69, 9.17) is 4.74 Å². The van der Waals surface area contributed by atoms with E-state index in [9.17, 15) is 4.79 Å². The van der Waals surface area contributed by atoms with E-state index in [-0.39, 0.29) is 0 Å². The van der Waals surface area contributed by atoms with E-state index in [1.54, 1.807) is 7.11 Å². The zero-order chi connectivity index (χ0) is 16.9. The highest BCUT2D eigenvalue weighted by Crippen LogP contribution is 2.41. The van der Waals surface area contributed by atoms with Crippen molar-refractivity contribution in [3.05, 3.63) is 83.9 Å². The van der Waals surface area contributed by atoms with Crippen LogP contribution in [0.5, 0.6) is 5.75 Å². The maximum Gasteiger partial charge on any atom is 0.150 e. The van der Waals surface area contributed by atoms with E-state index in [0.717, 1.165) is 34.7 Å². The number of carbonyl (C=O) groups excluding carboxylic acids is 1. The number of hydrogen-bond acceptors (Lipinski definition) is 3. The highest BCUT2D eigenvalue weighted by Gasteiger charge is 2.18. The number of hydrogen-bond donors (Lipinski definition) is 0. The van der Waals surface area contributed by atoms with Crippen LogP contribution in [0.1, 0.15) is 15.9 Å². The molecule has 0 saturated heterocycles. The summed E-state index contributed by atoms with van der Waals surface area (Å²) in [6.45, 7) is 2.06. The predicted molar refractivity (Wildman–Crippen MR) is 97.8 cm³/mol. The molecule has 0 spiro atoms. The van der Waals surface area contributed by atoms with Crippen molar-refractivity contribution in [3.63, 3.8) is 0 Å². The Hall–Kier alpha value is -3.07. The van der Waals surface area contributed by atoms with Crippen molar-refractivity contribution in [3.8, 4) is 5.75 Å². The van der Waals surface area contributed by atoms with Gasteiger partial charge in [0.25, 0.3) is 0 Å². The second kappa shape index (κ2) is 7.01. The van der Waals surface area contributed by atoms with Crippen molar-refractivity contribution in [2.45, 2.75) is 6.92 Å². The summed E-state index contributed by atoms with van der Waals surface area (Å²) in [5, 5.41) is 0. The molecule has 0 amide bonds. The Bertz CT molecular complexity index is 826. The van der Waals surface area contributed by atoms with Crippen LogP contribution in [0.15, 0.2) is 72.8 Å². The smallest absolute Gasteiger partial charge is 0.150 e. The molecule has 0 aromatic heterocycles. The van der Waals surface area contributed by atoms with Crippen LogP contribution < -0.4 is 9.64 Å². The third-order valence-corrected chi connectivity index (χ3v) is 3.95. The van der Waals surface area contributed by atoms with Gasteiger partial charge in [0.1, 0.15) is 12.0 Å². The van der Waals surface area contributed by atoms with E-state index in [1.807, 2.05) is 54.6 Å². The summed E-state index contributed by atoms with van der Waals surface area (Å²) < 4.78 is 5.60. The molecule has 0 radical (unpaired) electrons. The molecular weight excluding hydrogens is 298 g/mol. The van der Waals surface area contributed by atoms with E-state index in [0.29, 0.717) is 5.56 Å². The molecule has 3 aromatic carbocycles. The van der Waals surface area contributed by atoms with Gasteiger partial charge in [0.2, 0.25) is 0 Å². The minimum atomic E-state index is 0.656. The van der Waals surface area contributed by atoms with Crippen molar-refractivity contribution in [1.29, 1.82) is 0 Å². The third-order valence-electron chi connectivity index (χ3n) is 3.95. The first-order chi connectivity index (χ1) is 11.7. The van der Waals surface area contributed by atoms with Crippen LogP contribution in [0.25, 0.3) is 0 Å². The Labute approximate surface area is 142 Å². The summed E-state index contributed by atoms with van der Waals surface area (Å²) in [5.41, 5.74) is 4.76. The fraction of sp³-hybridized carbons (Fsp3) is 0.0952. The number of anilines is 3. The van der Waals surface area contributed by atoms with Gasteiger partial charge in [-0.1, -0.05) is 30.3 Å². The van der Waals surface area contributed by atoms with Gasteiger partial charge in [0.05, 0.1) is 12.8 Å². The monoisotopic (exact) mass is 317 g/mol. The lowest BCUT2D eigenvalue weighted by molar-refractivity contribution is 0.112. The van der Waals surface area contributed by atoms with Gasteiger partial charge in [-0.15, -0.1) is 0 Å². The summed E-state index contributed by atoms with van der Waals surface area (Å²) in [7, 11) is 1.68. The quantitative estimate of drug-likeness (QED) is 0.599. The van der Waals surface area contributed by atoms with Gasteiger partial charge in [0, 0.05) is 16.9 Å². The summed E-state index contributed by atoms with van der Waals surface area (Å²) >= 11 is 0. The summed E-state index contributed by atoms with van der Waals surface area (Å²) in [5.74, 6) is 0.804. The molecule has 0 bridgehead atoms. The molecule has 24 heavy (non-hydrogen) atoms. The average Bonchev–Trinajstić information content (AvgIpc) is 2.64. The molecule has 0 aliphatic carbocycles. The molecule has 120 valence electrons. The van der Waals surface area contributed by atoms with E-state index < -0.39 is 0 Å². The number of carbonyl (C=O) groups is 1. The van der Waals surface area contributed by atoms with Crippen molar-refractivity contribution in [2.24, 2.45) is 0 Å². The van der Waals surface area contributed by atoms with Crippen molar-refractivity contribution in [1.82, 2.24) is 0 Å². The molecule has 3 nitrogen and oxygen atoms in total. The fourth-order valence-electron chi connectivity index (χ4n) is 2.77. The highest BCUT2D eigenvalue weighted by molar-refractivity contribution is 5.83. The molecule has 0 unspecified atom stereocenters. The molecule has 0 saturated carbocycles. The number of ether oxygens (including phenoxy) is 1. The number of aldehydes is 1. The van der Waals surface area contributed by atoms with Crippen LogP contribution in [0, 0.1) is 6.92 Å². The van der Waals surface area contributed by atoms with Crippen molar-refractivity contribution in [2.75, 3.05) is 12.0 Å². The molecule has 3 heteroatoms. The van der Waals surface area contributed by atoms with Gasteiger partial charge in [-0.3, -0.25) is 4.79 Å². The SMILES string of the molecule is COc1cccc(C)c1N(c1ccccc1)c1ccc(C=O)cc1. The van der Waals surface area contributed by atoms with Gasteiger partial charge < -0.3 is 9.64 Å². The molecule has 0 aliphatic heterocycles. The van der Waals surface area contributed by atoms with Crippen molar-refractivity contribution < 1.29 is 9.53 Å². The van der Waals surface area contributed by atoms with Crippen LogP contribution in [-0.2, 0) is 0 Å². The van der Waals surface area contributed by atoms with Gasteiger partial charge in [-0.25, -0.2) is 0 Å². The molecule has 0 N–H and O–H groups in total. The van der Waals surface area contributed by atoms with Crippen LogP contribution in [0.3, 0.4) is 0 Å². The number of benzene rings is 3. The van der Waals surface area contributed by atoms with Gasteiger partial charge in [0.15, 0.2) is 0 Å². The largest absolute Gasteiger partial charge is 0.495 e. The van der Waals surface area contributed by atoms with E-state index in [1.165, 1.54) is 0 Å². The average molecular weight is 317 g/mol. The molecular formula is C21H19NO2. The van der Waals surface area contributed by atoms with Gasteiger partial charge >= 0.3 is 0 Å². The molecule has 3 aromatic rings. The topological polar surface area (TPSA) is 29.5 Å². The van der Waals surface area contributed by atoms with Gasteiger partial charge in [-0.2, -0.15) is 0 Å². The Balaban J connectivity index is 2.21. The molecule has 0 aliphatic rings. The zero-order valence-electron chi connectivity index (χ0n) is 13.8. The first-order valence-corrected chi connectivity index (χ1v) is 7.78. The number of nitrogens with zero attached hydrogens (tertiary/aromatic N) is 1.